The molecule has 3 N–H and O–H groups in total. The molecule has 0 amide bonds. The minimum Gasteiger partial charge on any atom is -0.271 e. The summed E-state index contributed by atoms with van der Waals surface area (Å²) in [5.41, 5.74) is 4.93. The molecule has 102 valence electrons. The van der Waals surface area contributed by atoms with E-state index >= 15 is 0 Å². The highest BCUT2D eigenvalue weighted by molar-refractivity contribution is 7.12. The molecular formula is C15H19FN2S. The molecule has 19 heavy (non-hydrogen) atoms. The number of hydrogen-bond acceptors (Lipinski definition) is 3. The first kappa shape index (κ1) is 14.2. The average molecular weight is 278 g/mol. The second-order valence-corrected chi connectivity index (χ2v) is 5.85. The highest BCUT2D eigenvalue weighted by Crippen LogP contribution is 2.27. The van der Waals surface area contributed by atoms with Gasteiger partial charge in [0.2, 0.25) is 0 Å². The molecule has 0 spiro atoms. The Labute approximate surface area is 117 Å². The SMILES string of the molecule is CCc1ccc(C(Cc2cc(F)ccc2C)NN)s1. The van der Waals surface area contributed by atoms with E-state index in [1.807, 2.05) is 13.0 Å². The quantitative estimate of drug-likeness (QED) is 0.649. The lowest BCUT2D eigenvalue weighted by Crippen LogP contribution is -2.29. The molecule has 1 heterocycles. The number of hydrogen-bond donors (Lipinski definition) is 2. The van der Waals surface area contributed by atoms with Crippen LogP contribution < -0.4 is 11.3 Å². The molecule has 0 saturated carbocycles. The molecule has 2 nitrogen and oxygen atoms in total. The minimum absolute atomic E-state index is 0.0331. The number of nitrogens with two attached hydrogens (primary N) is 1. The predicted octanol–water partition coefficient (Wildman–Crippen LogP) is 3.51. The fourth-order valence-corrected chi connectivity index (χ4v) is 3.11. The molecule has 2 rings (SSSR count). The summed E-state index contributed by atoms with van der Waals surface area (Å²) >= 11 is 1.76. The third-order valence-electron chi connectivity index (χ3n) is 3.31. The molecule has 0 fully saturated rings. The van der Waals surface area contributed by atoms with Gasteiger partial charge in [0.25, 0.3) is 0 Å². The van der Waals surface area contributed by atoms with E-state index in [0.29, 0.717) is 6.42 Å². The lowest BCUT2D eigenvalue weighted by atomic mass is 10.0. The number of halogens is 1. The van der Waals surface area contributed by atoms with Crippen LogP contribution in [0.2, 0.25) is 0 Å². The summed E-state index contributed by atoms with van der Waals surface area (Å²) in [4.78, 5) is 2.54. The largest absolute Gasteiger partial charge is 0.271 e. The van der Waals surface area contributed by atoms with E-state index in [9.17, 15) is 4.39 Å². The van der Waals surface area contributed by atoms with Crippen LogP contribution in [0.25, 0.3) is 0 Å². The first-order valence-electron chi connectivity index (χ1n) is 6.43. The zero-order valence-corrected chi connectivity index (χ0v) is 12.1. The van der Waals surface area contributed by atoms with Crippen LogP contribution in [0.3, 0.4) is 0 Å². The lowest BCUT2D eigenvalue weighted by Gasteiger charge is -2.16. The highest BCUT2D eigenvalue weighted by Gasteiger charge is 2.14. The number of nitrogens with one attached hydrogen (secondary N) is 1. The Morgan fingerprint density at radius 3 is 2.74 bits per heavy atom. The molecule has 1 aromatic carbocycles. The van der Waals surface area contributed by atoms with Crippen LogP contribution in [0.5, 0.6) is 0 Å². The Balaban J connectivity index is 2.21. The third-order valence-corrected chi connectivity index (χ3v) is 4.65. The van der Waals surface area contributed by atoms with Gasteiger partial charge in [-0.15, -0.1) is 11.3 Å². The van der Waals surface area contributed by atoms with Crippen LogP contribution in [-0.4, -0.2) is 0 Å². The molecule has 2 aromatic rings. The normalized spacial score (nSPS) is 12.6. The zero-order chi connectivity index (χ0) is 13.8. The summed E-state index contributed by atoms with van der Waals surface area (Å²) in [6.45, 7) is 4.13. The predicted molar refractivity (Wildman–Crippen MR) is 78.6 cm³/mol. The van der Waals surface area contributed by atoms with E-state index in [2.05, 4.69) is 24.5 Å². The monoisotopic (exact) mass is 278 g/mol. The maximum Gasteiger partial charge on any atom is 0.123 e. The van der Waals surface area contributed by atoms with Crippen LogP contribution in [0.15, 0.2) is 30.3 Å². The van der Waals surface area contributed by atoms with Gasteiger partial charge in [0, 0.05) is 9.75 Å². The van der Waals surface area contributed by atoms with Gasteiger partial charge in [-0.3, -0.25) is 11.3 Å². The smallest absolute Gasteiger partial charge is 0.123 e. The molecule has 0 saturated heterocycles. The number of hydrazine groups is 1. The summed E-state index contributed by atoms with van der Waals surface area (Å²) in [5.74, 6) is 5.46. The van der Waals surface area contributed by atoms with Gasteiger partial charge < -0.3 is 0 Å². The van der Waals surface area contributed by atoms with Gasteiger partial charge in [0.15, 0.2) is 0 Å². The molecule has 1 unspecified atom stereocenters. The first-order chi connectivity index (χ1) is 9.13. The zero-order valence-electron chi connectivity index (χ0n) is 11.2. The fraction of sp³-hybridized carbons (Fsp3) is 0.333. The summed E-state index contributed by atoms with van der Waals surface area (Å²) < 4.78 is 13.3. The maximum absolute atomic E-state index is 13.3. The number of aryl methyl sites for hydroxylation is 2. The maximum atomic E-state index is 13.3. The van der Waals surface area contributed by atoms with Crippen molar-refractivity contribution in [3.63, 3.8) is 0 Å². The molecular weight excluding hydrogens is 259 g/mol. The number of rotatable bonds is 5. The standard InChI is InChI=1S/C15H19FN2S/c1-3-13-6-7-15(19-13)14(18-17)9-11-8-12(16)5-4-10(11)2/h4-8,14,18H,3,9,17H2,1-2H3. The van der Waals surface area contributed by atoms with Crippen molar-refractivity contribution in [2.45, 2.75) is 32.7 Å². The first-order valence-corrected chi connectivity index (χ1v) is 7.25. The fourth-order valence-electron chi connectivity index (χ4n) is 2.09. The summed E-state index contributed by atoms with van der Waals surface area (Å²) in [6.07, 6.45) is 1.73. The molecule has 0 aliphatic heterocycles. The summed E-state index contributed by atoms with van der Waals surface area (Å²) in [7, 11) is 0. The molecule has 4 heteroatoms. The highest BCUT2D eigenvalue weighted by atomic mass is 32.1. The van der Waals surface area contributed by atoms with Gasteiger partial charge in [-0.05, 0) is 55.2 Å². The van der Waals surface area contributed by atoms with Crippen LogP contribution in [0.1, 0.15) is 33.8 Å². The van der Waals surface area contributed by atoms with Crippen LogP contribution in [0, 0.1) is 12.7 Å². The van der Waals surface area contributed by atoms with Crippen molar-refractivity contribution in [3.8, 4) is 0 Å². The molecule has 0 radical (unpaired) electrons. The van der Waals surface area contributed by atoms with Gasteiger partial charge in [-0.2, -0.15) is 0 Å². The summed E-state index contributed by atoms with van der Waals surface area (Å²) in [5, 5.41) is 0. The van der Waals surface area contributed by atoms with Gasteiger partial charge >= 0.3 is 0 Å². The van der Waals surface area contributed by atoms with Crippen LogP contribution in [0.4, 0.5) is 4.39 Å². The van der Waals surface area contributed by atoms with Crippen molar-refractivity contribution < 1.29 is 4.39 Å². The van der Waals surface area contributed by atoms with Crippen molar-refractivity contribution in [1.29, 1.82) is 0 Å². The van der Waals surface area contributed by atoms with Gasteiger partial charge in [0.05, 0.1) is 6.04 Å². The number of benzene rings is 1. The Kier molecular flexibility index (Phi) is 4.69. The van der Waals surface area contributed by atoms with E-state index in [-0.39, 0.29) is 11.9 Å². The Bertz CT molecular complexity index is 551. The molecule has 0 aliphatic carbocycles. The second-order valence-electron chi connectivity index (χ2n) is 4.65. The molecule has 1 aromatic heterocycles. The summed E-state index contributed by atoms with van der Waals surface area (Å²) in [6, 6.07) is 9.15. The van der Waals surface area contributed by atoms with E-state index in [4.69, 9.17) is 5.84 Å². The molecule has 0 bridgehead atoms. The van der Waals surface area contributed by atoms with Gasteiger partial charge in [-0.25, -0.2) is 4.39 Å². The average Bonchev–Trinajstić information content (AvgIpc) is 2.88. The van der Waals surface area contributed by atoms with Crippen molar-refractivity contribution in [2.24, 2.45) is 5.84 Å². The second kappa shape index (κ2) is 6.28. The molecule has 0 aliphatic rings. The Hall–Kier alpha value is -1.23. The van der Waals surface area contributed by atoms with Crippen LogP contribution >= 0.6 is 11.3 Å². The number of thiophene rings is 1. The van der Waals surface area contributed by atoms with Crippen molar-refractivity contribution in [3.05, 3.63) is 57.0 Å². The lowest BCUT2D eigenvalue weighted by molar-refractivity contribution is 0.555. The molecule has 1 atom stereocenters. The topological polar surface area (TPSA) is 38.0 Å². The Morgan fingerprint density at radius 1 is 1.32 bits per heavy atom. The van der Waals surface area contributed by atoms with Gasteiger partial charge in [0.1, 0.15) is 5.82 Å². The minimum atomic E-state index is -0.197. The Morgan fingerprint density at radius 2 is 2.11 bits per heavy atom. The van der Waals surface area contributed by atoms with E-state index in [1.54, 1.807) is 17.4 Å². The third kappa shape index (κ3) is 3.41. The van der Waals surface area contributed by atoms with E-state index < -0.39 is 0 Å². The van der Waals surface area contributed by atoms with Crippen LogP contribution in [-0.2, 0) is 12.8 Å². The van der Waals surface area contributed by atoms with Crippen molar-refractivity contribution >= 4 is 11.3 Å². The van der Waals surface area contributed by atoms with Crippen molar-refractivity contribution in [1.82, 2.24) is 5.43 Å². The van der Waals surface area contributed by atoms with E-state index in [1.165, 1.54) is 15.8 Å². The van der Waals surface area contributed by atoms with Gasteiger partial charge in [-0.1, -0.05) is 13.0 Å². The van der Waals surface area contributed by atoms with Crippen molar-refractivity contribution in [2.75, 3.05) is 0 Å². The van der Waals surface area contributed by atoms with E-state index in [0.717, 1.165) is 17.5 Å².